The molecule has 1 saturated heterocycles. The molecular formula is C17H16F2N4. The van der Waals surface area contributed by atoms with Crippen LogP contribution >= 0.6 is 0 Å². The zero-order chi connectivity index (χ0) is 15.8. The fourth-order valence-corrected chi connectivity index (χ4v) is 3.22. The first kappa shape index (κ1) is 14.3. The number of nitrogens with zero attached hydrogens (tertiary/aromatic N) is 3. The summed E-state index contributed by atoms with van der Waals surface area (Å²) in [6.45, 7) is 1.81. The van der Waals surface area contributed by atoms with E-state index in [2.05, 4.69) is 15.3 Å². The van der Waals surface area contributed by atoms with Gasteiger partial charge >= 0.3 is 0 Å². The number of imidazole rings is 1. The van der Waals surface area contributed by atoms with Gasteiger partial charge in [-0.3, -0.25) is 4.98 Å². The fourth-order valence-electron chi connectivity index (χ4n) is 3.22. The zero-order valence-electron chi connectivity index (χ0n) is 12.5. The van der Waals surface area contributed by atoms with Crippen molar-refractivity contribution in [2.24, 2.45) is 0 Å². The molecule has 118 valence electrons. The van der Waals surface area contributed by atoms with E-state index >= 15 is 0 Å². The SMILES string of the molecule is Fc1cc2nc(-c3cccnc3)n(C3CCNCC3)c2cc1F. The van der Waals surface area contributed by atoms with Crippen molar-refractivity contribution in [3.63, 3.8) is 0 Å². The Morgan fingerprint density at radius 2 is 1.91 bits per heavy atom. The normalized spacial score (nSPS) is 16.1. The lowest BCUT2D eigenvalue weighted by molar-refractivity contribution is 0.377. The quantitative estimate of drug-likeness (QED) is 0.789. The largest absolute Gasteiger partial charge is 0.321 e. The van der Waals surface area contributed by atoms with E-state index in [4.69, 9.17) is 0 Å². The average molecular weight is 314 g/mol. The van der Waals surface area contributed by atoms with Crippen LogP contribution < -0.4 is 5.32 Å². The molecule has 1 fully saturated rings. The van der Waals surface area contributed by atoms with Crippen molar-refractivity contribution >= 4 is 11.0 Å². The summed E-state index contributed by atoms with van der Waals surface area (Å²) in [4.78, 5) is 8.69. The highest BCUT2D eigenvalue weighted by molar-refractivity contribution is 5.81. The molecule has 0 aliphatic carbocycles. The van der Waals surface area contributed by atoms with Crippen molar-refractivity contribution in [2.45, 2.75) is 18.9 Å². The van der Waals surface area contributed by atoms with Gasteiger partial charge in [-0.2, -0.15) is 0 Å². The van der Waals surface area contributed by atoms with Gasteiger partial charge in [0.15, 0.2) is 11.6 Å². The second-order valence-electron chi connectivity index (χ2n) is 5.78. The van der Waals surface area contributed by atoms with Crippen molar-refractivity contribution in [3.05, 3.63) is 48.3 Å². The molecule has 1 aliphatic heterocycles. The third-order valence-corrected chi connectivity index (χ3v) is 4.33. The van der Waals surface area contributed by atoms with Crippen LogP contribution in [0.5, 0.6) is 0 Å². The molecule has 0 bridgehead atoms. The molecule has 0 spiro atoms. The van der Waals surface area contributed by atoms with Crippen LogP contribution in [0.1, 0.15) is 18.9 Å². The van der Waals surface area contributed by atoms with Gasteiger partial charge in [0.1, 0.15) is 5.82 Å². The smallest absolute Gasteiger partial charge is 0.161 e. The summed E-state index contributed by atoms with van der Waals surface area (Å²) in [7, 11) is 0. The van der Waals surface area contributed by atoms with E-state index in [1.807, 2.05) is 16.7 Å². The minimum Gasteiger partial charge on any atom is -0.321 e. The highest BCUT2D eigenvalue weighted by atomic mass is 19.2. The number of piperidine rings is 1. The van der Waals surface area contributed by atoms with Crippen LogP contribution in [0.25, 0.3) is 22.4 Å². The lowest BCUT2D eigenvalue weighted by Crippen LogP contribution is -2.29. The molecule has 0 amide bonds. The summed E-state index contributed by atoms with van der Waals surface area (Å²) < 4.78 is 29.4. The molecule has 3 aromatic rings. The van der Waals surface area contributed by atoms with Gasteiger partial charge in [-0.05, 0) is 38.1 Å². The third kappa shape index (κ3) is 2.49. The molecule has 1 aliphatic rings. The summed E-state index contributed by atoms with van der Waals surface area (Å²) in [6.07, 6.45) is 5.28. The van der Waals surface area contributed by atoms with Crippen molar-refractivity contribution in [1.29, 1.82) is 0 Å². The molecule has 3 heterocycles. The lowest BCUT2D eigenvalue weighted by atomic mass is 10.1. The number of fused-ring (bicyclic) bond motifs is 1. The maximum Gasteiger partial charge on any atom is 0.161 e. The Labute approximate surface area is 132 Å². The number of pyridine rings is 1. The fraction of sp³-hybridized carbons (Fsp3) is 0.294. The van der Waals surface area contributed by atoms with Gasteiger partial charge in [0.25, 0.3) is 0 Å². The van der Waals surface area contributed by atoms with Gasteiger partial charge < -0.3 is 9.88 Å². The second-order valence-corrected chi connectivity index (χ2v) is 5.78. The van der Waals surface area contributed by atoms with Crippen LogP contribution in [0.4, 0.5) is 8.78 Å². The number of benzene rings is 1. The first-order chi connectivity index (χ1) is 11.2. The second kappa shape index (κ2) is 5.70. The highest BCUT2D eigenvalue weighted by Gasteiger charge is 2.23. The van der Waals surface area contributed by atoms with Crippen LogP contribution in [0.3, 0.4) is 0 Å². The zero-order valence-corrected chi connectivity index (χ0v) is 12.5. The molecule has 0 saturated carbocycles. The molecule has 23 heavy (non-hydrogen) atoms. The minimum atomic E-state index is -0.870. The lowest BCUT2D eigenvalue weighted by Gasteiger charge is -2.26. The first-order valence-corrected chi connectivity index (χ1v) is 7.72. The average Bonchev–Trinajstić information content (AvgIpc) is 2.95. The van der Waals surface area contributed by atoms with Gasteiger partial charge in [-0.15, -0.1) is 0 Å². The number of halogens is 2. The summed E-state index contributed by atoms with van der Waals surface area (Å²) in [5.41, 5.74) is 1.96. The molecule has 4 rings (SSSR count). The van der Waals surface area contributed by atoms with Gasteiger partial charge in [0, 0.05) is 36.1 Å². The minimum absolute atomic E-state index is 0.210. The molecule has 1 aromatic carbocycles. The number of aromatic nitrogens is 3. The van der Waals surface area contributed by atoms with Crippen LogP contribution in [-0.4, -0.2) is 27.6 Å². The maximum absolute atomic E-state index is 13.8. The monoisotopic (exact) mass is 314 g/mol. The number of rotatable bonds is 2. The molecule has 0 radical (unpaired) electrons. The van der Waals surface area contributed by atoms with Gasteiger partial charge in [0.2, 0.25) is 0 Å². The van der Waals surface area contributed by atoms with E-state index in [0.717, 1.165) is 31.5 Å². The van der Waals surface area contributed by atoms with Gasteiger partial charge in [-0.1, -0.05) is 0 Å². The summed E-state index contributed by atoms with van der Waals surface area (Å²) >= 11 is 0. The molecule has 6 heteroatoms. The Hall–Kier alpha value is -2.34. The highest BCUT2D eigenvalue weighted by Crippen LogP contribution is 2.32. The third-order valence-electron chi connectivity index (χ3n) is 4.33. The van der Waals surface area contributed by atoms with E-state index < -0.39 is 11.6 Å². The van der Waals surface area contributed by atoms with Crippen molar-refractivity contribution in [1.82, 2.24) is 19.9 Å². The van der Waals surface area contributed by atoms with Crippen LogP contribution in [-0.2, 0) is 0 Å². The molecule has 0 unspecified atom stereocenters. The first-order valence-electron chi connectivity index (χ1n) is 7.72. The van der Waals surface area contributed by atoms with Gasteiger partial charge in [0.05, 0.1) is 11.0 Å². The van der Waals surface area contributed by atoms with Crippen molar-refractivity contribution in [2.75, 3.05) is 13.1 Å². The molecular weight excluding hydrogens is 298 g/mol. The maximum atomic E-state index is 13.8. The number of nitrogens with one attached hydrogen (secondary N) is 1. The summed E-state index contributed by atoms with van der Waals surface area (Å²) in [5, 5.41) is 3.32. The summed E-state index contributed by atoms with van der Waals surface area (Å²) in [6, 6.07) is 6.38. The van der Waals surface area contributed by atoms with Gasteiger partial charge in [-0.25, -0.2) is 13.8 Å². The topological polar surface area (TPSA) is 42.7 Å². The molecule has 4 nitrogen and oxygen atoms in total. The van der Waals surface area contributed by atoms with Crippen molar-refractivity contribution < 1.29 is 8.78 Å². The Kier molecular flexibility index (Phi) is 3.53. The van der Waals surface area contributed by atoms with E-state index in [1.165, 1.54) is 12.1 Å². The summed E-state index contributed by atoms with van der Waals surface area (Å²) in [5.74, 6) is -1.000. The Bertz CT molecular complexity index is 839. The van der Waals surface area contributed by atoms with E-state index in [-0.39, 0.29) is 6.04 Å². The van der Waals surface area contributed by atoms with E-state index in [0.29, 0.717) is 16.9 Å². The number of hydrogen-bond donors (Lipinski definition) is 1. The Morgan fingerprint density at radius 3 is 2.65 bits per heavy atom. The Balaban J connectivity index is 1.96. The van der Waals surface area contributed by atoms with E-state index in [1.54, 1.807) is 12.4 Å². The molecule has 2 aromatic heterocycles. The van der Waals surface area contributed by atoms with Crippen molar-refractivity contribution in [3.8, 4) is 11.4 Å². The van der Waals surface area contributed by atoms with Crippen LogP contribution in [0.15, 0.2) is 36.7 Å². The van der Waals surface area contributed by atoms with Crippen LogP contribution in [0, 0.1) is 11.6 Å². The standard InChI is InChI=1S/C17H16F2N4/c18-13-8-15-16(9-14(13)19)23(12-3-6-20-7-4-12)17(22-15)11-2-1-5-21-10-11/h1-2,5,8-10,12,20H,3-4,6-7H2. The Morgan fingerprint density at radius 1 is 1.13 bits per heavy atom. The number of hydrogen-bond acceptors (Lipinski definition) is 3. The van der Waals surface area contributed by atoms with Crippen LogP contribution in [0.2, 0.25) is 0 Å². The molecule has 0 atom stereocenters. The predicted molar refractivity (Wildman–Crippen MR) is 84.0 cm³/mol. The predicted octanol–water partition coefficient (Wildman–Crippen LogP) is 3.30. The van der Waals surface area contributed by atoms with E-state index in [9.17, 15) is 8.78 Å². The molecule has 1 N–H and O–H groups in total.